The van der Waals surface area contributed by atoms with Crippen LogP contribution in [-0.4, -0.2) is 19.0 Å². The number of guanidine groups is 1. The van der Waals surface area contributed by atoms with E-state index in [0.29, 0.717) is 5.96 Å². The molecule has 0 fully saturated rings. The SMILES string of the molecule is CC(C)CCCN=C(N)NCCc1ccccc1. The van der Waals surface area contributed by atoms with Crippen molar-refractivity contribution < 1.29 is 0 Å². The Bertz CT molecular complexity index is 344. The topological polar surface area (TPSA) is 50.4 Å². The van der Waals surface area contributed by atoms with Crippen LogP contribution in [0.4, 0.5) is 0 Å². The van der Waals surface area contributed by atoms with Crippen LogP contribution < -0.4 is 11.1 Å². The van der Waals surface area contributed by atoms with Crippen LogP contribution in [0.5, 0.6) is 0 Å². The highest BCUT2D eigenvalue weighted by Gasteiger charge is 1.95. The van der Waals surface area contributed by atoms with Crippen molar-refractivity contribution in [2.45, 2.75) is 33.1 Å². The molecular formula is C15H25N3. The summed E-state index contributed by atoms with van der Waals surface area (Å²) in [6, 6.07) is 10.4. The van der Waals surface area contributed by atoms with E-state index in [2.05, 4.69) is 48.4 Å². The predicted molar refractivity (Wildman–Crippen MR) is 78.7 cm³/mol. The molecule has 1 rings (SSSR count). The summed E-state index contributed by atoms with van der Waals surface area (Å²) in [6.45, 7) is 6.11. The monoisotopic (exact) mass is 247 g/mol. The zero-order valence-corrected chi connectivity index (χ0v) is 11.5. The predicted octanol–water partition coefficient (Wildman–Crippen LogP) is 2.57. The highest BCUT2D eigenvalue weighted by molar-refractivity contribution is 5.77. The van der Waals surface area contributed by atoms with E-state index in [0.717, 1.165) is 31.8 Å². The standard InChI is InChI=1S/C15H25N3/c1-13(2)7-6-11-17-15(16)18-12-10-14-8-4-3-5-9-14/h3-5,8-9,13H,6-7,10-12H2,1-2H3,(H3,16,17,18). The summed E-state index contributed by atoms with van der Waals surface area (Å²) in [4.78, 5) is 4.31. The second-order valence-corrected chi connectivity index (χ2v) is 4.97. The van der Waals surface area contributed by atoms with Crippen LogP contribution in [0.1, 0.15) is 32.3 Å². The van der Waals surface area contributed by atoms with E-state index in [1.165, 1.54) is 12.0 Å². The number of benzene rings is 1. The molecule has 0 aliphatic carbocycles. The minimum Gasteiger partial charge on any atom is -0.370 e. The van der Waals surface area contributed by atoms with Gasteiger partial charge in [0.05, 0.1) is 0 Å². The molecule has 100 valence electrons. The molecule has 0 unspecified atom stereocenters. The third-order valence-electron chi connectivity index (χ3n) is 2.78. The first kappa shape index (κ1) is 14.6. The maximum atomic E-state index is 5.79. The highest BCUT2D eigenvalue weighted by atomic mass is 15.1. The van der Waals surface area contributed by atoms with Crippen LogP contribution in [0, 0.1) is 5.92 Å². The van der Waals surface area contributed by atoms with Crippen LogP contribution in [0.3, 0.4) is 0 Å². The van der Waals surface area contributed by atoms with Crippen molar-refractivity contribution in [2.24, 2.45) is 16.6 Å². The van der Waals surface area contributed by atoms with Gasteiger partial charge in [-0.1, -0.05) is 44.2 Å². The molecule has 3 nitrogen and oxygen atoms in total. The first-order chi connectivity index (χ1) is 8.68. The van der Waals surface area contributed by atoms with Crippen LogP contribution in [0.15, 0.2) is 35.3 Å². The number of hydrogen-bond donors (Lipinski definition) is 2. The largest absolute Gasteiger partial charge is 0.370 e. The minimum absolute atomic E-state index is 0.565. The average Bonchev–Trinajstić information content (AvgIpc) is 2.36. The van der Waals surface area contributed by atoms with Crippen molar-refractivity contribution in [1.29, 1.82) is 0 Å². The van der Waals surface area contributed by atoms with Crippen molar-refractivity contribution in [3.63, 3.8) is 0 Å². The van der Waals surface area contributed by atoms with Gasteiger partial charge in [-0.05, 0) is 30.7 Å². The molecule has 0 spiro atoms. The number of rotatable bonds is 7. The molecule has 0 aliphatic heterocycles. The summed E-state index contributed by atoms with van der Waals surface area (Å²) in [5.41, 5.74) is 7.11. The molecular weight excluding hydrogens is 222 g/mol. The molecule has 0 bridgehead atoms. The molecule has 0 amide bonds. The summed E-state index contributed by atoms with van der Waals surface area (Å²) in [5.74, 6) is 1.31. The van der Waals surface area contributed by atoms with Crippen LogP contribution >= 0.6 is 0 Å². The zero-order valence-electron chi connectivity index (χ0n) is 11.5. The molecule has 1 aromatic rings. The number of nitrogens with two attached hydrogens (primary N) is 1. The van der Waals surface area contributed by atoms with E-state index in [1.807, 2.05) is 6.07 Å². The van der Waals surface area contributed by atoms with Gasteiger partial charge in [0.1, 0.15) is 0 Å². The average molecular weight is 247 g/mol. The lowest BCUT2D eigenvalue weighted by molar-refractivity contribution is 0.561. The van der Waals surface area contributed by atoms with Crippen LogP contribution in [0.25, 0.3) is 0 Å². The Morgan fingerprint density at radius 3 is 2.67 bits per heavy atom. The fraction of sp³-hybridized carbons (Fsp3) is 0.533. The molecule has 0 saturated heterocycles. The molecule has 0 aliphatic rings. The first-order valence-electron chi connectivity index (χ1n) is 6.76. The molecule has 0 aromatic heterocycles. The fourth-order valence-electron chi connectivity index (χ4n) is 1.73. The molecule has 0 heterocycles. The van der Waals surface area contributed by atoms with E-state index in [1.54, 1.807) is 0 Å². The van der Waals surface area contributed by atoms with Gasteiger partial charge in [0.2, 0.25) is 0 Å². The second kappa shape index (κ2) is 8.56. The van der Waals surface area contributed by atoms with Gasteiger partial charge < -0.3 is 11.1 Å². The lowest BCUT2D eigenvalue weighted by atomic mass is 10.1. The number of aliphatic imine (C=N–C) groups is 1. The quantitative estimate of drug-likeness (QED) is 0.442. The molecule has 0 saturated carbocycles. The third kappa shape index (κ3) is 6.94. The van der Waals surface area contributed by atoms with Gasteiger partial charge in [0.15, 0.2) is 5.96 Å². The second-order valence-electron chi connectivity index (χ2n) is 4.97. The molecule has 0 radical (unpaired) electrons. The Morgan fingerprint density at radius 2 is 2.00 bits per heavy atom. The molecule has 1 aromatic carbocycles. The summed E-state index contributed by atoms with van der Waals surface area (Å²) in [6.07, 6.45) is 3.29. The van der Waals surface area contributed by atoms with Gasteiger partial charge >= 0.3 is 0 Å². The summed E-state index contributed by atoms with van der Waals surface area (Å²) in [7, 11) is 0. The highest BCUT2D eigenvalue weighted by Crippen LogP contribution is 2.02. The first-order valence-corrected chi connectivity index (χ1v) is 6.76. The summed E-state index contributed by atoms with van der Waals surface area (Å²) in [5, 5.41) is 3.15. The van der Waals surface area contributed by atoms with Crippen molar-refractivity contribution in [2.75, 3.05) is 13.1 Å². The number of hydrogen-bond acceptors (Lipinski definition) is 1. The molecule has 0 atom stereocenters. The Balaban J connectivity index is 2.13. The smallest absolute Gasteiger partial charge is 0.188 e. The van der Waals surface area contributed by atoms with E-state index in [-0.39, 0.29) is 0 Å². The van der Waals surface area contributed by atoms with Crippen molar-refractivity contribution in [3.8, 4) is 0 Å². The Hall–Kier alpha value is -1.51. The zero-order chi connectivity index (χ0) is 13.2. The molecule has 3 N–H and O–H groups in total. The van der Waals surface area contributed by atoms with E-state index in [4.69, 9.17) is 5.73 Å². The lowest BCUT2D eigenvalue weighted by Crippen LogP contribution is -2.33. The summed E-state index contributed by atoms with van der Waals surface area (Å²) < 4.78 is 0. The van der Waals surface area contributed by atoms with Crippen LogP contribution in [0.2, 0.25) is 0 Å². The van der Waals surface area contributed by atoms with Gasteiger partial charge in [-0.25, -0.2) is 0 Å². The van der Waals surface area contributed by atoms with E-state index in [9.17, 15) is 0 Å². The third-order valence-corrected chi connectivity index (χ3v) is 2.78. The Labute approximate surface area is 111 Å². The minimum atomic E-state index is 0.565. The molecule has 18 heavy (non-hydrogen) atoms. The van der Waals surface area contributed by atoms with Gasteiger partial charge in [-0.15, -0.1) is 0 Å². The fourth-order valence-corrected chi connectivity index (χ4v) is 1.73. The maximum absolute atomic E-state index is 5.79. The number of nitrogens with one attached hydrogen (secondary N) is 1. The normalized spacial score (nSPS) is 11.8. The molecule has 3 heteroatoms. The van der Waals surface area contributed by atoms with E-state index < -0.39 is 0 Å². The van der Waals surface area contributed by atoms with Gasteiger partial charge in [0.25, 0.3) is 0 Å². The van der Waals surface area contributed by atoms with Gasteiger partial charge in [-0.3, -0.25) is 4.99 Å². The Morgan fingerprint density at radius 1 is 1.28 bits per heavy atom. The van der Waals surface area contributed by atoms with Crippen molar-refractivity contribution >= 4 is 5.96 Å². The van der Waals surface area contributed by atoms with Crippen molar-refractivity contribution in [1.82, 2.24) is 5.32 Å². The van der Waals surface area contributed by atoms with Crippen LogP contribution in [-0.2, 0) is 6.42 Å². The van der Waals surface area contributed by atoms with E-state index >= 15 is 0 Å². The lowest BCUT2D eigenvalue weighted by Gasteiger charge is -2.06. The maximum Gasteiger partial charge on any atom is 0.188 e. The van der Waals surface area contributed by atoms with Crippen molar-refractivity contribution in [3.05, 3.63) is 35.9 Å². The summed E-state index contributed by atoms with van der Waals surface area (Å²) >= 11 is 0. The van der Waals surface area contributed by atoms with Gasteiger partial charge in [-0.2, -0.15) is 0 Å². The van der Waals surface area contributed by atoms with Gasteiger partial charge in [0, 0.05) is 13.1 Å². The number of nitrogens with zero attached hydrogens (tertiary/aromatic N) is 1. The Kier molecular flexibility index (Phi) is 6.92.